The molecule has 1 rings (SSSR count). The van der Waals surface area contributed by atoms with Crippen LogP contribution in [0.4, 0.5) is 0 Å². The standard InChI is InChI=1S/C81H141NO8/c1-3-5-7-9-11-13-15-17-19-21-23-25-27-29-31-33-34-35-36-37-38-39-40-41-42-43-45-47-49-51-53-55-57-59-61-63-65-67-69-71-77(85)82-74(73-89-81-80(88)79(87)78(86)76(72-83)90-81)75(84)70-68-66-64-62-60-58-56-54-52-50-48-46-44-32-30-28-26-24-22-20-18-16-14-12-10-8-6-4-2/h5,7,11,13,17,19,23,25,29,31,34-35,37-38,52,54,60,62,68,70,74-76,78-81,83-84,86-88H,3-4,6,8-10,12,14-16,18,20-22,24,26-28,30,32-33,36,39-51,53,55-59,61,63-67,69,71-73H2,1-2H3,(H,82,85)/b7-5-,13-11-,19-17-,25-23-,31-29-,35-34-,38-37-,54-52+,62-60+,70-68+. The number of rotatable bonds is 65. The third-order valence-electron chi connectivity index (χ3n) is 17.2. The largest absolute Gasteiger partial charge is 0.394 e. The first kappa shape index (κ1) is 84.6. The molecule has 0 saturated carbocycles. The number of ether oxygens (including phenoxy) is 2. The summed E-state index contributed by atoms with van der Waals surface area (Å²) in [6.07, 6.45) is 96.1. The molecule has 9 heteroatoms. The summed E-state index contributed by atoms with van der Waals surface area (Å²) in [5, 5.41) is 54.8. The second-order valence-corrected chi connectivity index (χ2v) is 25.7. The predicted octanol–water partition coefficient (Wildman–Crippen LogP) is 21.4. The van der Waals surface area contributed by atoms with E-state index < -0.39 is 49.5 Å². The molecule has 7 unspecified atom stereocenters. The van der Waals surface area contributed by atoms with Gasteiger partial charge in [0, 0.05) is 6.42 Å². The fourth-order valence-corrected chi connectivity index (χ4v) is 11.4. The molecule has 0 aromatic carbocycles. The Kier molecular flexibility index (Phi) is 64.3. The monoisotopic (exact) mass is 1260 g/mol. The second-order valence-electron chi connectivity index (χ2n) is 25.7. The highest BCUT2D eigenvalue weighted by Gasteiger charge is 2.44. The zero-order valence-electron chi connectivity index (χ0n) is 58.1. The molecule has 1 saturated heterocycles. The molecular formula is C81H141NO8. The molecule has 9 nitrogen and oxygen atoms in total. The number of carbonyl (C=O) groups is 1. The van der Waals surface area contributed by atoms with Crippen molar-refractivity contribution in [3.05, 3.63) is 122 Å². The quantitative estimate of drug-likeness (QED) is 0.0261. The minimum absolute atomic E-state index is 0.190. The number of aliphatic hydroxyl groups excluding tert-OH is 5. The summed E-state index contributed by atoms with van der Waals surface area (Å²) in [6.45, 7) is 3.67. The minimum atomic E-state index is -1.58. The van der Waals surface area contributed by atoms with Crippen molar-refractivity contribution in [3.8, 4) is 0 Å². The number of allylic oxidation sites excluding steroid dienone is 19. The first-order chi connectivity index (χ1) is 44.3. The molecule has 1 aliphatic rings. The molecule has 0 aromatic rings. The van der Waals surface area contributed by atoms with E-state index in [0.29, 0.717) is 6.42 Å². The Morgan fingerprint density at radius 1 is 0.389 bits per heavy atom. The first-order valence-corrected chi connectivity index (χ1v) is 37.8. The van der Waals surface area contributed by atoms with Gasteiger partial charge in [-0.05, 0) is 103 Å². The van der Waals surface area contributed by atoms with E-state index in [1.807, 2.05) is 6.08 Å². The van der Waals surface area contributed by atoms with Gasteiger partial charge in [0.2, 0.25) is 5.91 Å². The highest BCUT2D eigenvalue weighted by molar-refractivity contribution is 5.76. The summed E-state index contributed by atoms with van der Waals surface area (Å²) in [6, 6.07) is -0.836. The van der Waals surface area contributed by atoms with Crippen LogP contribution in [-0.4, -0.2) is 87.5 Å². The topological polar surface area (TPSA) is 149 Å². The van der Waals surface area contributed by atoms with Crippen molar-refractivity contribution in [2.45, 2.75) is 371 Å². The van der Waals surface area contributed by atoms with Gasteiger partial charge in [0.25, 0.3) is 0 Å². The van der Waals surface area contributed by atoms with Gasteiger partial charge in [-0.1, -0.05) is 341 Å². The molecule has 0 spiro atoms. The molecule has 6 N–H and O–H groups in total. The van der Waals surface area contributed by atoms with Crippen LogP contribution in [0.5, 0.6) is 0 Å². The lowest BCUT2D eigenvalue weighted by molar-refractivity contribution is -0.302. The van der Waals surface area contributed by atoms with E-state index in [1.54, 1.807) is 6.08 Å². The molecule has 1 fully saturated rings. The van der Waals surface area contributed by atoms with E-state index in [4.69, 9.17) is 9.47 Å². The second kappa shape index (κ2) is 68.4. The van der Waals surface area contributed by atoms with Gasteiger partial charge in [-0.25, -0.2) is 0 Å². The highest BCUT2D eigenvalue weighted by atomic mass is 16.7. The first-order valence-electron chi connectivity index (χ1n) is 37.8. The van der Waals surface area contributed by atoms with Crippen molar-refractivity contribution in [2.24, 2.45) is 0 Å². The molecule has 1 amide bonds. The number of amides is 1. The maximum atomic E-state index is 13.1. The van der Waals surface area contributed by atoms with E-state index in [0.717, 1.165) is 89.9 Å². The summed E-state index contributed by atoms with van der Waals surface area (Å²) in [7, 11) is 0. The Labute approximate surface area is 554 Å². The van der Waals surface area contributed by atoms with Gasteiger partial charge >= 0.3 is 0 Å². The molecule has 0 aromatic heterocycles. The van der Waals surface area contributed by atoms with E-state index in [1.165, 1.54) is 218 Å². The maximum Gasteiger partial charge on any atom is 0.220 e. The summed E-state index contributed by atoms with van der Waals surface area (Å²) >= 11 is 0. The zero-order chi connectivity index (χ0) is 64.9. The lowest BCUT2D eigenvalue weighted by Gasteiger charge is -2.40. The number of carbonyl (C=O) groups excluding carboxylic acids is 1. The van der Waals surface area contributed by atoms with Crippen LogP contribution in [-0.2, 0) is 14.3 Å². The minimum Gasteiger partial charge on any atom is -0.394 e. The molecule has 0 bridgehead atoms. The molecule has 1 aliphatic heterocycles. The van der Waals surface area contributed by atoms with Crippen LogP contribution in [0.15, 0.2) is 122 Å². The third-order valence-corrected chi connectivity index (χ3v) is 17.2. The van der Waals surface area contributed by atoms with E-state index in [-0.39, 0.29) is 12.5 Å². The van der Waals surface area contributed by atoms with Crippen molar-refractivity contribution < 1.29 is 39.8 Å². The van der Waals surface area contributed by atoms with Crippen LogP contribution in [0.2, 0.25) is 0 Å². The lowest BCUT2D eigenvalue weighted by atomic mass is 9.99. The number of hydrogen-bond donors (Lipinski definition) is 6. The van der Waals surface area contributed by atoms with Gasteiger partial charge in [-0.2, -0.15) is 0 Å². The smallest absolute Gasteiger partial charge is 0.220 e. The van der Waals surface area contributed by atoms with E-state index in [9.17, 15) is 30.3 Å². The predicted molar refractivity (Wildman–Crippen MR) is 387 cm³/mol. The van der Waals surface area contributed by atoms with Gasteiger partial charge in [0.1, 0.15) is 24.4 Å². The molecule has 0 aliphatic carbocycles. The van der Waals surface area contributed by atoms with Gasteiger partial charge in [-0.3, -0.25) is 4.79 Å². The van der Waals surface area contributed by atoms with Crippen LogP contribution in [0.3, 0.4) is 0 Å². The summed E-state index contributed by atoms with van der Waals surface area (Å²) < 4.78 is 11.3. The number of aliphatic hydroxyl groups is 5. The summed E-state index contributed by atoms with van der Waals surface area (Å²) in [5.74, 6) is -0.190. The normalized spacial score (nSPS) is 18.5. The van der Waals surface area contributed by atoms with Crippen molar-refractivity contribution in [2.75, 3.05) is 13.2 Å². The number of unbranched alkanes of at least 4 members (excludes halogenated alkanes) is 37. The average Bonchev–Trinajstić information content (AvgIpc) is 2.75. The Balaban J connectivity index is 2.13. The third kappa shape index (κ3) is 56.2. The number of nitrogens with one attached hydrogen (secondary N) is 1. The van der Waals surface area contributed by atoms with Gasteiger partial charge < -0.3 is 40.3 Å². The molecular weight excluding hydrogens is 1110 g/mol. The molecule has 90 heavy (non-hydrogen) atoms. The maximum absolute atomic E-state index is 13.1. The Bertz CT molecular complexity index is 1840. The average molecular weight is 1260 g/mol. The molecule has 1 heterocycles. The number of hydrogen-bond acceptors (Lipinski definition) is 8. The fraction of sp³-hybridized carbons (Fsp3) is 0.741. The van der Waals surface area contributed by atoms with E-state index >= 15 is 0 Å². The van der Waals surface area contributed by atoms with Crippen molar-refractivity contribution >= 4 is 5.91 Å². The van der Waals surface area contributed by atoms with Gasteiger partial charge in [0.15, 0.2) is 6.29 Å². The van der Waals surface area contributed by atoms with Crippen molar-refractivity contribution in [3.63, 3.8) is 0 Å². The lowest BCUT2D eigenvalue weighted by Crippen LogP contribution is -2.60. The molecule has 7 atom stereocenters. The van der Waals surface area contributed by atoms with Gasteiger partial charge in [-0.15, -0.1) is 0 Å². The molecule has 518 valence electrons. The fourth-order valence-electron chi connectivity index (χ4n) is 11.4. The van der Waals surface area contributed by atoms with Gasteiger partial charge in [0.05, 0.1) is 25.4 Å². The summed E-state index contributed by atoms with van der Waals surface area (Å²) in [4.78, 5) is 13.1. The Morgan fingerprint density at radius 3 is 1.07 bits per heavy atom. The van der Waals surface area contributed by atoms with Crippen LogP contribution < -0.4 is 5.32 Å². The van der Waals surface area contributed by atoms with Crippen LogP contribution in [0.25, 0.3) is 0 Å². The Morgan fingerprint density at radius 2 is 0.700 bits per heavy atom. The van der Waals surface area contributed by atoms with Crippen molar-refractivity contribution in [1.82, 2.24) is 5.32 Å². The van der Waals surface area contributed by atoms with Crippen LogP contribution in [0.1, 0.15) is 328 Å². The Hall–Kier alpha value is -3.41. The van der Waals surface area contributed by atoms with Crippen molar-refractivity contribution in [1.29, 1.82) is 0 Å². The molecule has 0 radical (unpaired) electrons. The van der Waals surface area contributed by atoms with E-state index in [2.05, 4.69) is 129 Å². The summed E-state index contributed by atoms with van der Waals surface area (Å²) in [5.41, 5.74) is 0. The van der Waals surface area contributed by atoms with Crippen LogP contribution in [0, 0.1) is 0 Å². The zero-order valence-corrected chi connectivity index (χ0v) is 58.1. The van der Waals surface area contributed by atoms with Crippen LogP contribution >= 0.6 is 0 Å². The highest BCUT2D eigenvalue weighted by Crippen LogP contribution is 2.23. The SMILES string of the molecule is CC/C=C\C/C=C\C/C=C\C/C=C\C/C=C\C/C=C\C/C=C\CCCCCCCCCCCCCCCCCCCC(=O)NC(COC1OC(CO)C(O)C(O)C1O)C(O)/C=C/CC/C=C/CC/C=C/CCCCCCCCCCCCCCCCCCCC.